The Morgan fingerprint density at radius 3 is 2.05 bits per heavy atom. The van der Waals surface area contributed by atoms with Crippen LogP contribution in [0.25, 0.3) is 0 Å². The van der Waals surface area contributed by atoms with Crippen molar-refractivity contribution < 1.29 is 23.8 Å². The molecule has 7 heteroatoms. The molecule has 0 radical (unpaired) electrons. The van der Waals surface area contributed by atoms with Crippen molar-refractivity contribution in [1.29, 1.82) is 0 Å². The number of aryl methyl sites for hydroxylation is 1. The summed E-state index contributed by atoms with van der Waals surface area (Å²) in [5, 5.41) is 0. The van der Waals surface area contributed by atoms with Gasteiger partial charge in [0.1, 0.15) is 18.1 Å². The van der Waals surface area contributed by atoms with E-state index in [9.17, 15) is 9.59 Å². The maximum atomic E-state index is 11.8. The van der Waals surface area contributed by atoms with E-state index in [1.165, 1.54) is 76.6 Å². The molecule has 1 saturated heterocycles. The predicted octanol–water partition coefficient (Wildman–Crippen LogP) is 6.22. The molecule has 2 aromatic rings. The number of likely N-dealkylation sites (tertiary alicyclic amines) is 1. The van der Waals surface area contributed by atoms with Gasteiger partial charge in [0.2, 0.25) is 5.91 Å². The number of unbranched alkanes of at least 4 members (excludes halogenated alkanes) is 3. The standard InChI is InChI=1S/C19H31NO.C14H19NO4/c1-2-3-4-7-17-21-19-12-10-18(11-13-19)9-8-16-20-14-5-6-15-20;1-18-9-10-19-12-7-5-11(6-8-12)13(16)3-2-4-14(15)17/h10-13H,2-9,14-17H2,1H3;5-8H,2-4,9-10H2,1H3,(H2,15,17). The molecule has 2 aromatic carbocycles. The minimum Gasteiger partial charge on any atom is -0.494 e. The number of carbonyl (C=O) groups excluding carboxylic acids is 2. The van der Waals surface area contributed by atoms with Gasteiger partial charge in [0.05, 0.1) is 13.2 Å². The van der Waals surface area contributed by atoms with Gasteiger partial charge in [-0.3, -0.25) is 9.59 Å². The Hall–Kier alpha value is -2.90. The van der Waals surface area contributed by atoms with Gasteiger partial charge in [0, 0.05) is 25.5 Å². The summed E-state index contributed by atoms with van der Waals surface area (Å²) < 4.78 is 16.1. The molecular formula is C33H50N2O5. The van der Waals surface area contributed by atoms with E-state index in [1.54, 1.807) is 31.4 Å². The second kappa shape index (κ2) is 20.9. The van der Waals surface area contributed by atoms with Crippen LogP contribution in [0, 0.1) is 0 Å². The van der Waals surface area contributed by atoms with Crippen LogP contribution in [-0.4, -0.2) is 63.2 Å². The number of hydrogen-bond donors (Lipinski definition) is 1. The summed E-state index contributed by atoms with van der Waals surface area (Å²) in [7, 11) is 1.61. The summed E-state index contributed by atoms with van der Waals surface area (Å²) >= 11 is 0. The first-order chi connectivity index (χ1) is 19.5. The third-order valence-corrected chi connectivity index (χ3v) is 6.89. The molecule has 0 atom stereocenters. The number of amides is 1. The fourth-order valence-corrected chi connectivity index (χ4v) is 4.53. The SMILES string of the molecule is CCCCCCOc1ccc(CCCN2CCCC2)cc1.COCCOc1ccc(C(=O)CCCC(N)=O)cc1. The molecule has 0 unspecified atom stereocenters. The molecule has 7 nitrogen and oxygen atoms in total. The lowest BCUT2D eigenvalue weighted by Crippen LogP contribution is -2.20. The van der Waals surface area contributed by atoms with Gasteiger partial charge in [-0.05, 0) is 100 Å². The average Bonchev–Trinajstić information content (AvgIpc) is 3.48. The van der Waals surface area contributed by atoms with Crippen molar-refractivity contribution in [2.75, 3.05) is 46.6 Å². The Morgan fingerprint density at radius 1 is 0.775 bits per heavy atom. The van der Waals surface area contributed by atoms with Crippen LogP contribution in [0.5, 0.6) is 11.5 Å². The summed E-state index contributed by atoms with van der Waals surface area (Å²) in [5.74, 6) is 1.35. The molecule has 1 aliphatic rings. The first kappa shape index (κ1) is 33.3. The zero-order chi connectivity index (χ0) is 28.8. The Kier molecular flexibility index (Phi) is 17.4. The number of ketones is 1. The van der Waals surface area contributed by atoms with Gasteiger partial charge >= 0.3 is 0 Å². The molecule has 222 valence electrons. The number of primary amides is 1. The number of methoxy groups -OCH3 is 1. The minimum atomic E-state index is -0.380. The number of benzene rings is 2. The Balaban J connectivity index is 0.000000282. The number of Topliss-reactive ketones (excluding diaryl/α,β-unsaturated/α-hetero) is 1. The third-order valence-electron chi connectivity index (χ3n) is 6.89. The topological polar surface area (TPSA) is 91.1 Å². The van der Waals surface area contributed by atoms with Crippen molar-refractivity contribution in [3.05, 3.63) is 59.7 Å². The molecule has 3 rings (SSSR count). The monoisotopic (exact) mass is 554 g/mol. The maximum absolute atomic E-state index is 11.8. The number of carbonyl (C=O) groups is 2. The highest BCUT2D eigenvalue weighted by Crippen LogP contribution is 2.16. The number of nitrogens with two attached hydrogens (primary N) is 1. The van der Waals surface area contributed by atoms with Crippen molar-refractivity contribution >= 4 is 11.7 Å². The quantitative estimate of drug-likeness (QED) is 0.164. The van der Waals surface area contributed by atoms with Crippen LogP contribution in [0.4, 0.5) is 0 Å². The summed E-state index contributed by atoms with van der Waals surface area (Å²) in [6.07, 6.45) is 11.4. The highest BCUT2D eigenvalue weighted by Gasteiger charge is 2.10. The van der Waals surface area contributed by atoms with E-state index >= 15 is 0 Å². The van der Waals surface area contributed by atoms with Crippen LogP contribution in [0.2, 0.25) is 0 Å². The lowest BCUT2D eigenvalue weighted by molar-refractivity contribution is -0.118. The number of ether oxygens (including phenoxy) is 3. The molecule has 40 heavy (non-hydrogen) atoms. The highest BCUT2D eigenvalue weighted by atomic mass is 16.5. The van der Waals surface area contributed by atoms with E-state index in [1.807, 2.05) is 0 Å². The van der Waals surface area contributed by atoms with E-state index in [2.05, 4.69) is 36.1 Å². The molecule has 1 aliphatic heterocycles. The van der Waals surface area contributed by atoms with Crippen molar-refractivity contribution in [2.24, 2.45) is 5.73 Å². The van der Waals surface area contributed by atoms with Crippen molar-refractivity contribution in [3.8, 4) is 11.5 Å². The van der Waals surface area contributed by atoms with Gasteiger partial charge in [0.25, 0.3) is 0 Å². The minimum absolute atomic E-state index is 0.00434. The van der Waals surface area contributed by atoms with E-state index in [-0.39, 0.29) is 18.1 Å². The number of rotatable bonds is 19. The summed E-state index contributed by atoms with van der Waals surface area (Å²) in [4.78, 5) is 24.9. The van der Waals surface area contributed by atoms with Gasteiger partial charge in [-0.25, -0.2) is 0 Å². The molecule has 0 aromatic heterocycles. The zero-order valence-electron chi connectivity index (χ0n) is 24.7. The van der Waals surface area contributed by atoms with E-state index in [0.717, 1.165) is 12.4 Å². The zero-order valence-corrected chi connectivity index (χ0v) is 24.7. The Bertz CT molecular complexity index is 940. The smallest absolute Gasteiger partial charge is 0.217 e. The van der Waals surface area contributed by atoms with Crippen LogP contribution < -0.4 is 15.2 Å². The Morgan fingerprint density at radius 2 is 1.43 bits per heavy atom. The highest BCUT2D eigenvalue weighted by molar-refractivity contribution is 5.96. The van der Waals surface area contributed by atoms with E-state index < -0.39 is 0 Å². The molecule has 0 spiro atoms. The van der Waals surface area contributed by atoms with Gasteiger partial charge in [-0.1, -0.05) is 38.3 Å². The van der Waals surface area contributed by atoms with Crippen molar-refractivity contribution in [1.82, 2.24) is 4.90 Å². The van der Waals surface area contributed by atoms with Crippen LogP contribution in [0.3, 0.4) is 0 Å². The maximum Gasteiger partial charge on any atom is 0.217 e. The molecule has 0 aliphatic carbocycles. The second-order valence-corrected chi connectivity index (χ2v) is 10.3. The average molecular weight is 555 g/mol. The summed E-state index contributed by atoms with van der Waals surface area (Å²) in [5.41, 5.74) is 7.07. The van der Waals surface area contributed by atoms with Gasteiger partial charge in [0.15, 0.2) is 5.78 Å². The van der Waals surface area contributed by atoms with Gasteiger partial charge in [-0.2, -0.15) is 0 Å². The fourth-order valence-electron chi connectivity index (χ4n) is 4.53. The Labute approximate surface area is 241 Å². The molecular weight excluding hydrogens is 504 g/mol. The molecule has 0 bridgehead atoms. The fraction of sp³-hybridized carbons (Fsp3) is 0.576. The van der Waals surface area contributed by atoms with E-state index in [4.69, 9.17) is 19.9 Å². The van der Waals surface area contributed by atoms with Crippen LogP contribution in [0.1, 0.15) is 87.1 Å². The van der Waals surface area contributed by atoms with Crippen LogP contribution in [0.15, 0.2) is 48.5 Å². The lowest BCUT2D eigenvalue weighted by Gasteiger charge is -2.14. The normalized spacial score (nSPS) is 12.9. The van der Waals surface area contributed by atoms with Crippen LogP contribution >= 0.6 is 0 Å². The molecule has 2 N–H and O–H groups in total. The van der Waals surface area contributed by atoms with E-state index in [0.29, 0.717) is 37.4 Å². The summed E-state index contributed by atoms with van der Waals surface area (Å²) in [6.45, 7) is 7.97. The van der Waals surface area contributed by atoms with Crippen molar-refractivity contribution in [3.63, 3.8) is 0 Å². The molecule has 1 fully saturated rings. The second-order valence-electron chi connectivity index (χ2n) is 10.3. The molecule has 1 heterocycles. The van der Waals surface area contributed by atoms with Crippen molar-refractivity contribution in [2.45, 2.75) is 77.6 Å². The first-order valence-corrected chi connectivity index (χ1v) is 15.0. The number of nitrogens with zero attached hydrogens (tertiary/aromatic N) is 1. The number of hydrogen-bond acceptors (Lipinski definition) is 6. The summed E-state index contributed by atoms with van der Waals surface area (Å²) in [6, 6.07) is 15.6. The van der Waals surface area contributed by atoms with Crippen LogP contribution in [-0.2, 0) is 16.0 Å². The molecule has 1 amide bonds. The predicted molar refractivity (Wildman–Crippen MR) is 161 cm³/mol. The molecule has 0 saturated carbocycles. The first-order valence-electron chi connectivity index (χ1n) is 15.0. The lowest BCUT2D eigenvalue weighted by atomic mass is 10.1. The largest absolute Gasteiger partial charge is 0.494 e. The van der Waals surface area contributed by atoms with Gasteiger partial charge in [-0.15, -0.1) is 0 Å². The van der Waals surface area contributed by atoms with Gasteiger partial charge < -0.3 is 24.8 Å². The third kappa shape index (κ3) is 15.0.